The van der Waals surface area contributed by atoms with Crippen molar-refractivity contribution in [1.29, 1.82) is 0 Å². The van der Waals surface area contributed by atoms with E-state index in [1.807, 2.05) is 5.38 Å². The van der Waals surface area contributed by atoms with Gasteiger partial charge in [0.25, 0.3) is 5.91 Å². The molecule has 6 heteroatoms. The Bertz CT molecular complexity index is 419. The Labute approximate surface area is 110 Å². The third kappa shape index (κ3) is 3.30. The lowest BCUT2D eigenvalue weighted by atomic mass is 10.3. The Balaban J connectivity index is 1.69. The van der Waals surface area contributed by atoms with Crippen LogP contribution >= 0.6 is 11.3 Å². The summed E-state index contributed by atoms with van der Waals surface area (Å²) in [5, 5.41) is 6.38. The molecule has 1 aromatic heterocycles. The molecule has 5 nitrogen and oxygen atoms in total. The molecule has 0 spiro atoms. The molecule has 2 amide bonds. The monoisotopic (exact) mass is 267 g/mol. The molecular weight excluding hydrogens is 250 g/mol. The van der Waals surface area contributed by atoms with E-state index in [1.54, 1.807) is 16.3 Å². The summed E-state index contributed by atoms with van der Waals surface area (Å²) in [6.45, 7) is 1.75. The highest BCUT2D eigenvalue weighted by atomic mass is 32.1. The van der Waals surface area contributed by atoms with Crippen molar-refractivity contribution in [2.45, 2.75) is 18.9 Å². The quantitative estimate of drug-likeness (QED) is 0.830. The average molecular weight is 267 g/mol. The molecule has 3 N–H and O–H groups in total. The summed E-state index contributed by atoms with van der Waals surface area (Å²) in [6, 6.07) is 1.87. The number of nitrogens with two attached hydrogens (primary N) is 1. The van der Waals surface area contributed by atoms with Gasteiger partial charge in [0.2, 0.25) is 5.91 Å². The fourth-order valence-corrected chi connectivity index (χ4v) is 2.59. The topological polar surface area (TPSA) is 75.4 Å². The van der Waals surface area contributed by atoms with Gasteiger partial charge in [-0.15, -0.1) is 0 Å². The average Bonchev–Trinajstić information content (AvgIpc) is 2.99. The Kier molecular flexibility index (Phi) is 4.33. The van der Waals surface area contributed by atoms with Gasteiger partial charge in [0.05, 0.1) is 0 Å². The number of rotatable bonds is 4. The lowest BCUT2D eigenvalue weighted by Gasteiger charge is -2.15. The Hall–Kier alpha value is -1.40. The first kappa shape index (κ1) is 13.0. The maximum absolute atomic E-state index is 11.8. The molecular formula is C12H17N3O2S. The van der Waals surface area contributed by atoms with Crippen molar-refractivity contribution >= 4 is 23.2 Å². The number of thiophene rings is 1. The second-order valence-electron chi connectivity index (χ2n) is 4.41. The summed E-state index contributed by atoms with van der Waals surface area (Å²) in [5.41, 5.74) is 6.39. The molecule has 18 heavy (non-hydrogen) atoms. The smallest absolute Gasteiger partial charge is 0.252 e. The summed E-state index contributed by atoms with van der Waals surface area (Å²) in [7, 11) is 0. The maximum atomic E-state index is 11.8. The molecule has 98 valence electrons. The molecule has 1 aromatic rings. The second kappa shape index (κ2) is 5.97. The summed E-state index contributed by atoms with van der Waals surface area (Å²) >= 11 is 1.48. The summed E-state index contributed by atoms with van der Waals surface area (Å²) < 4.78 is 0. The minimum Gasteiger partial charge on any atom is -0.351 e. The SMILES string of the molecule is N[C@@H]1CCN(C(=O)CCNC(=O)c2ccsc2)C1. The van der Waals surface area contributed by atoms with Gasteiger partial charge in [0, 0.05) is 43.0 Å². The summed E-state index contributed by atoms with van der Waals surface area (Å²) in [5.74, 6) is -0.0595. The minimum absolute atomic E-state index is 0.0635. The van der Waals surface area contributed by atoms with Crippen LogP contribution in [0, 0.1) is 0 Å². The van der Waals surface area contributed by atoms with Crippen molar-refractivity contribution in [1.82, 2.24) is 10.2 Å². The van der Waals surface area contributed by atoms with Crippen LogP contribution in [0.15, 0.2) is 16.8 Å². The van der Waals surface area contributed by atoms with E-state index in [4.69, 9.17) is 5.73 Å². The normalized spacial score (nSPS) is 18.9. The summed E-state index contributed by atoms with van der Waals surface area (Å²) in [4.78, 5) is 25.2. The first-order valence-electron chi connectivity index (χ1n) is 6.00. The number of nitrogens with zero attached hydrogens (tertiary/aromatic N) is 1. The first-order valence-corrected chi connectivity index (χ1v) is 6.95. The van der Waals surface area contributed by atoms with E-state index in [-0.39, 0.29) is 17.9 Å². The molecule has 1 atom stereocenters. The van der Waals surface area contributed by atoms with Gasteiger partial charge in [0.1, 0.15) is 0 Å². The van der Waals surface area contributed by atoms with Gasteiger partial charge in [0.15, 0.2) is 0 Å². The third-order valence-corrected chi connectivity index (χ3v) is 3.67. The second-order valence-corrected chi connectivity index (χ2v) is 5.19. The van der Waals surface area contributed by atoms with E-state index in [0.29, 0.717) is 25.1 Å². The number of likely N-dealkylation sites (tertiary alicyclic amines) is 1. The van der Waals surface area contributed by atoms with Crippen molar-refractivity contribution in [2.24, 2.45) is 5.73 Å². The lowest BCUT2D eigenvalue weighted by molar-refractivity contribution is -0.130. The van der Waals surface area contributed by atoms with E-state index in [9.17, 15) is 9.59 Å². The number of carbonyl (C=O) groups is 2. The standard InChI is InChI=1S/C12H17N3O2S/c13-10-2-5-15(7-10)11(16)1-4-14-12(17)9-3-6-18-8-9/h3,6,8,10H,1-2,4-5,7,13H2,(H,14,17)/t10-/m1/s1. The van der Waals surface area contributed by atoms with Gasteiger partial charge < -0.3 is 16.0 Å². The van der Waals surface area contributed by atoms with Crippen LogP contribution in [0.1, 0.15) is 23.2 Å². The van der Waals surface area contributed by atoms with Crippen molar-refractivity contribution < 1.29 is 9.59 Å². The van der Waals surface area contributed by atoms with E-state index in [0.717, 1.165) is 13.0 Å². The van der Waals surface area contributed by atoms with E-state index >= 15 is 0 Å². The van der Waals surface area contributed by atoms with Crippen molar-refractivity contribution in [3.63, 3.8) is 0 Å². The Morgan fingerprint density at radius 1 is 1.56 bits per heavy atom. The zero-order chi connectivity index (χ0) is 13.0. The van der Waals surface area contributed by atoms with Crippen LogP contribution < -0.4 is 11.1 Å². The van der Waals surface area contributed by atoms with Crippen LogP contribution in [0.3, 0.4) is 0 Å². The number of carbonyl (C=O) groups excluding carboxylic acids is 2. The Morgan fingerprint density at radius 3 is 3.00 bits per heavy atom. The summed E-state index contributed by atoms with van der Waals surface area (Å²) in [6.07, 6.45) is 1.20. The highest BCUT2D eigenvalue weighted by Gasteiger charge is 2.23. The molecule has 1 aliphatic rings. The number of hydrogen-bond donors (Lipinski definition) is 2. The van der Waals surface area contributed by atoms with Gasteiger partial charge in [-0.05, 0) is 17.9 Å². The molecule has 2 rings (SSSR count). The van der Waals surface area contributed by atoms with Crippen molar-refractivity contribution in [2.75, 3.05) is 19.6 Å². The zero-order valence-electron chi connectivity index (χ0n) is 10.1. The predicted molar refractivity (Wildman–Crippen MR) is 70.4 cm³/mol. The van der Waals surface area contributed by atoms with Gasteiger partial charge in [-0.3, -0.25) is 9.59 Å². The third-order valence-electron chi connectivity index (χ3n) is 2.99. The van der Waals surface area contributed by atoms with E-state index < -0.39 is 0 Å². The highest BCUT2D eigenvalue weighted by Crippen LogP contribution is 2.08. The van der Waals surface area contributed by atoms with Crippen molar-refractivity contribution in [3.8, 4) is 0 Å². The highest BCUT2D eigenvalue weighted by molar-refractivity contribution is 7.08. The van der Waals surface area contributed by atoms with Crippen molar-refractivity contribution in [3.05, 3.63) is 22.4 Å². The largest absolute Gasteiger partial charge is 0.351 e. The molecule has 1 saturated heterocycles. The van der Waals surface area contributed by atoms with Gasteiger partial charge in [-0.25, -0.2) is 0 Å². The van der Waals surface area contributed by atoms with Gasteiger partial charge in [-0.1, -0.05) is 0 Å². The molecule has 0 bridgehead atoms. The molecule has 0 radical (unpaired) electrons. The number of hydrogen-bond acceptors (Lipinski definition) is 4. The zero-order valence-corrected chi connectivity index (χ0v) is 10.9. The van der Waals surface area contributed by atoms with Crippen LogP contribution in [0.25, 0.3) is 0 Å². The lowest BCUT2D eigenvalue weighted by Crippen LogP contribution is -2.34. The first-order chi connectivity index (χ1) is 8.66. The van der Waals surface area contributed by atoms with E-state index in [1.165, 1.54) is 11.3 Å². The van der Waals surface area contributed by atoms with Gasteiger partial charge in [-0.2, -0.15) is 11.3 Å². The molecule has 0 aromatic carbocycles. The minimum atomic E-state index is -0.123. The maximum Gasteiger partial charge on any atom is 0.252 e. The molecule has 0 saturated carbocycles. The molecule has 1 fully saturated rings. The van der Waals surface area contributed by atoms with Crippen LogP contribution in [0.5, 0.6) is 0 Å². The van der Waals surface area contributed by atoms with Crippen LogP contribution in [0.2, 0.25) is 0 Å². The van der Waals surface area contributed by atoms with Crippen LogP contribution in [0.4, 0.5) is 0 Å². The molecule has 2 heterocycles. The molecule has 1 aliphatic heterocycles. The molecule has 0 unspecified atom stereocenters. The van der Waals surface area contributed by atoms with E-state index in [2.05, 4.69) is 5.32 Å². The molecule has 0 aliphatic carbocycles. The predicted octanol–water partition coefficient (Wildman–Crippen LogP) is 0.428. The van der Waals surface area contributed by atoms with Crippen LogP contribution in [-0.2, 0) is 4.79 Å². The number of amides is 2. The fraction of sp³-hybridized carbons (Fsp3) is 0.500. The number of nitrogens with one attached hydrogen (secondary N) is 1. The van der Waals surface area contributed by atoms with Crippen LogP contribution in [-0.4, -0.2) is 42.4 Å². The van der Waals surface area contributed by atoms with Gasteiger partial charge >= 0.3 is 0 Å². The fourth-order valence-electron chi connectivity index (χ4n) is 1.95. The Morgan fingerprint density at radius 2 is 2.39 bits per heavy atom.